The second-order valence-electron chi connectivity index (χ2n) is 2.88. The number of anilines is 1. The van der Waals surface area contributed by atoms with Crippen molar-refractivity contribution in [2.75, 3.05) is 18.0 Å². The highest BCUT2D eigenvalue weighted by molar-refractivity contribution is 5.75. The molecule has 0 saturated carbocycles. The van der Waals surface area contributed by atoms with Crippen molar-refractivity contribution in [2.45, 2.75) is 0 Å². The fraction of sp³-hybridized carbons (Fsp3) is 0.182. The van der Waals surface area contributed by atoms with Crippen LogP contribution in [0.15, 0.2) is 24.3 Å². The molecular formula is C11H9N3O. The zero-order chi connectivity index (χ0) is 11.1. The molecule has 4 nitrogen and oxygen atoms in total. The van der Waals surface area contributed by atoms with E-state index < -0.39 is 0 Å². The van der Waals surface area contributed by atoms with Gasteiger partial charge in [-0.25, -0.2) is 0 Å². The number of carbonyl (C=O) groups is 1. The molecule has 0 amide bonds. The van der Waals surface area contributed by atoms with E-state index >= 15 is 0 Å². The van der Waals surface area contributed by atoms with E-state index in [9.17, 15) is 4.79 Å². The van der Waals surface area contributed by atoms with Gasteiger partial charge in [-0.3, -0.25) is 4.79 Å². The van der Waals surface area contributed by atoms with Crippen molar-refractivity contribution in [3.05, 3.63) is 29.8 Å². The van der Waals surface area contributed by atoms with Gasteiger partial charge in [0.15, 0.2) is 0 Å². The Hall–Kier alpha value is -2.33. The summed E-state index contributed by atoms with van der Waals surface area (Å²) in [6.45, 7) is 0.321. The normalized spacial score (nSPS) is 8.67. The van der Waals surface area contributed by atoms with E-state index in [4.69, 9.17) is 10.5 Å². The second-order valence-corrected chi connectivity index (χ2v) is 2.88. The molecule has 0 aliphatic rings. The summed E-state index contributed by atoms with van der Waals surface area (Å²) in [5, 5.41) is 17.1. The summed E-state index contributed by atoms with van der Waals surface area (Å²) in [4.78, 5) is 12.1. The first-order chi connectivity index (χ1) is 7.31. The van der Waals surface area contributed by atoms with Gasteiger partial charge in [0.05, 0.1) is 12.1 Å². The van der Waals surface area contributed by atoms with Gasteiger partial charge < -0.3 is 4.90 Å². The summed E-state index contributed by atoms with van der Waals surface area (Å²) in [5.41, 5.74) is 1.34. The highest BCUT2D eigenvalue weighted by atomic mass is 16.1. The van der Waals surface area contributed by atoms with Gasteiger partial charge in [-0.2, -0.15) is 10.5 Å². The van der Waals surface area contributed by atoms with Crippen molar-refractivity contribution in [2.24, 2.45) is 0 Å². The Morgan fingerprint density at radius 1 is 1.13 bits per heavy atom. The number of rotatable bonds is 4. The third-order valence-electron chi connectivity index (χ3n) is 1.92. The molecule has 0 fully saturated rings. The maximum absolute atomic E-state index is 10.4. The van der Waals surface area contributed by atoms with Crippen LogP contribution in [0, 0.1) is 22.7 Å². The quantitative estimate of drug-likeness (QED) is 0.542. The molecule has 0 heterocycles. The van der Waals surface area contributed by atoms with Gasteiger partial charge in [-0.1, -0.05) is 0 Å². The molecule has 0 aromatic heterocycles. The molecule has 0 N–H and O–H groups in total. The van der Waals surface area contributed by atoms with Crippen LogP contribution in [0.25, 0.3) is 0 Å². The third kappa shape index (κ3) is 2.82. The topological polar surface area (TPSA) is 67.9 Å². The molecule has 1 aromatic carbocycles. The first kappa shape index (κ1) is 10.7. The molecule has 0 aliphatic heterocycles. The number of hydrogen-bond acceptors (Lipinski definition) is 4. The second kappa shape index (κ2) is 5.41. The summed E-state index contributed by atoms with van der Waals surface area (Å²) < 4.78 is 0. The monoisotopic (exact) mass is 199 g/mol. The van der Waals surface area contributed by atoms with Gasteiger partial charge in [-0.15, -0.1) is 0 Å². The zero-order valence-corrected chi connectivity index (χ0v) is 8.05. The lowest BCUT2D eigenvalue weighted by Crippen LogP contribution is -2.23. The van der Waals surface area contributed by atoms with E-state index in [2.05, 4.69) is 0 Å². The van der Waals surface area contributed by atoms with Gasteiger partial charge in [0, 0.05) is 11.3 Å². The van der Waals surface area contributed by atoms with Crippen molar-refractivity contribution >= 4 is 12.0 Å². The SMILES string of the molecule is N#CCN(CC#N)c1ccc(C=O)cc1. The molecular weight excluding hydrogens is 190 g/mol. The van der Waals surface area contributed by atoms with Crippen LogP contribution in [0.4, 0.5) is 5.69 Å². The van der Waals surface area contributed by atoms with Crippen molar-refractivity contribution in [3.8, 4) is 12.1 Å². The Morgan fingerprint density at radius 3 is 2.07 bits per heavy atom. The Bertz CT molecular complexity index is 395. The van der Waals surface area contributed by atoms with Crippen LogP contribution in [0.2, 0.25) is 0 Å². The summed E-state index contributed by atoms with van der Waals surface area (Å²) in [6.07, 6.45) is 0.753. The van der Waals surface area contributed by atoms with E-state index in [0.29, 0.717) is 5.56 Å². The molecule has 15 heavy (non-hydrogen) atoms. The molecule has 0 unspecified atom stereocenters. The molecule has 0 bridgehead atoms. The molecule has 1 aromatic rings. The van der Waals surface area contributed by atoms with Crippen LogP contribution in [0.1, 0.15) is 10.4 Å². The van der Waals surface area contributed by atoms with Gasteiger partial charge in [0.1, 0.15) is 19.4 Å². The van der Waals surface area contributed by atoms with Gasteiger partial charge in [0.25, 0.3) is 0 Å². The molecule has 1 rings (SSSR count). The number of carbonyl (C=O) groups excluding carboxylic acids is 1. The van der Waals surface area contributed by atoms with Gasteiger partial charge in [-0.05, 0) is 24.3 Å². The van der Waals surface area contributed by atoms with Crippen molar-refractivity contribution in [3.63, 3.8) is 0 Å². The van der Waals surface area contributed by atoms with E-state index in [1.165, 1.54) is 0 Å². The maximum Gasteiger partial charge on any atom is 0.150 e. The largest absolute Gasteiger partial charge is 0.345 e. The Labute approximate surface area is 88.0 Å². The maximum atomic E-state index is 10.4. The fourth-order valence-corrected chi connectivity index (χ4v) is 1.17. The average molecular weight is 199 g/mol. The van der Waals surface area contributed by atoms with E-state index in [0.717, 1.165) is 12.0 Å². The van der Waals surface area contributed by atoms with E-state index in [1.54, 1.807) is 29.2 Å². The lowest BCUT2D eigenvalue weighted by Gasteiger charge is -2.17. The first-order valence-electron chi connectivity index (χ1n) is 4.36. The minimum absolute atomic E-state index is 0.161. The third-order valence-corrected chi connectivity index (χ3v) is 1.92. The lowest BCUT2D eigenvalue weighted by atomic mass is 10.2. The van der Waals surface area contributed by atoms with Crippen molar-refractivity contribution < 1.29 is 4.79 Å². The Balaban J connectivity index is 2.87. The highest BCUT2D eigenvalue weighted by Crippen LogP contribution is 2.13. The Kier molecular flexibility index (Phi) is 3.88. The molecule has 0 aliphatic carbocycles. The van der Waals surface area contributed by atoms with Crippen LogP contribution >= 0.6 is 0 Å². The first-order valence-corrected chi connectivity index (χ1v) is 4.36. The van der Waals surface area contributed by atoms with Crippen molar-refractivity contribution in [1.29, 1.82) is 10.5 Å². The number of nitriles is 2. The zero-order valence-electron chi connectivity index (χ0n) is 8.05. The summed E-state index contributed by atoms with van der Waals surface area (Å²) in [5.74, 6) is 0. The van der Waals surface area contributed by atoms with Crippen LogP contribution in [0.5, 0.6) is 0 Å². The van der Waals surface area contributed by atoms with E-state index in [1.807, 2.05) is 12.1 Å². The average Bonchev–Trinajstić information content (AvgIpc) is 2.29. The molecule has 0 spiro atoms. The minimum atomic E-state index is 0.161. The molecule has 0 saturated heterocycles. The highest BCUT2D eigenvalue weighted by Gasteiger charge is 2.04. The number of hydrogen-bond donors (Lipinski definition) is 0. The predicted molar refractivity (Wildman–Crippen MR) is 55.3 cm³/mol. The van der Waals surface area contributed by atoms with Crippen LogP contribution in [-0.4, -0.2) is 19.4 Å². The molecule has 74 valence electrons. The van der Waals surface area contributed by atoms with E-state index in [-0.39, 0.29) is 13.1 Å². The number of nitrogens with zero attached hydrogens (tertiary/aromatic N) is 3. The smallest absolute Gasteiger partial charge is 0.150 e. The van der Waals surface area contributed by atoms with Crippen LogP contribution in [-0.2, 0) is 0 Å². The van der Waals surface area contributed by atoms with Gasteiger partial charge >= 0.3 is 0 Å². The fourth-order valence-electron chi connectivity index (χ4n) is 1.17. The lowest BCUT2D eigenvalue weighted by molar-refractivity contribution is 0.112. The summed E-state index contributed by atoms with van der Waals surface area (Å²) >= 11 is 0. The molecule has 0 radical (unpaired) electrons. The number of benzene rings is 1. The summed E-state index contributed by atoms with van der Waals surface area (Å²) in [6, 6.07) is 10.7. The minimum Gasteiger partial charge on any atom is -0.345 e. The molecule has 4 heteroatoms. The standard InChI is InChI=1S/C11H9N3O/c12-5-7-14(8-6-13)11-3-1-10(9-15)2-4-11/h1-4,9H,7-8H2. The number of aldehydes is 1. The molecule has 0 atom stereocenters. The van der Waals surface area contributed by atoms with Crippen molar-refractivity contribution in [1.82, 2.24) is 0 Å². The van der Waals surface area contributed by atoms with Crippen LogP contribution in [0.3, 0.4) is 0 Å². The summed E-state index contributed by atoms with van der Waals surface area (Å²) in [7, 11) is 0. The predicted octanol–water partition coefficient (Wildman–Crippen LogP) is 1.35. The Morgan fingerprint density at radius 2 is 1.67 bits per heavy atom. The van der Waals surface area contributed by atoms with Gasteiger partial charge in [0.2, 0.25) is 0 Å². The van der Waals surface area contributed by atoms with Crippen LogP contribution < -0.4 is 4.90 Å².